The number of carbonyl (C=O) groups is 1. The van der Waals surface area contributed by atoms with Gasteiger partial charge >= 0.3 is 5.97 Å². The van der Waals surface area contributed by atoms with Crippen LogP contribution < -0.4 is 20.0 Å². The first-order chi connectivity index (χ1) is 18.3. The quantitative estimate of drug-likeness (QED) is 0.135. The van der Waals surface area contributed by atoms with Crippen LogP contribution in [-0.4, -0.2) is 22.1 Å². The van der Waals surface area contributed by atoms with Gasteiger partial charge in [-0.25, -0.2) is 9.79 Å². The Morgan fingerprint density at radius 1 is 1.24 bits per heavy atom. The van der Waals surface area contributed by atoms with Crippen LogP contribution in [0.15, 0.2) is 75.3 Å². The molecule has 1 aliphatic rings. The number of ether oxygens (including phenoxy) is 1. The van der Waals surface area contributed by atoms with E-state index in [1.165, 1.54) is 28.0 Å². The van der Waals surface area contributed by atoms with Gasteiger partial charge in [0, 0.05) is 20.1 Å². The number of nitrogens with zero attached hydrogens (tertiary/aromatic N) is 3. The number of fused-ring (bicyclic) bond motifs is 1. The first kappa shape index (κ1) is 26.0. The monoisotopic (exact) mass is 658 g/mol. The lowest BCUT2D eigenvalue weighted by Crippen LogP contribution is -2.39. The number of rotatable bonds is 6. The molecule has 2 aromatic carbocycles. The van der Waals surface area contributed by atoms with E-state index in [1.54, 1.807) is 29.5 Å². The second kappa shape index (κ2) is 10.6. The van der Waals surface area contributed by atoms with Crippen molar-refractivity contribution in [1.82, 2.24) is 4.57 Å². The first-order valence-electron chi connectivity index (χ1n) is 11.3. The van der Waals surface area contributed by atoms with Crippen molar-refractivity contribution >= 4 is 68.7 Å². The van der Waals surface area contributed by atoms with Crippen molar-refractivity contribution in [3.05, 3.63) is 115 Å². The molecule has 4 aromatic rings. The van der Waals surface area contributed by atoms with E-state index in [1.807, 2.05) is 47.8 Å². The zero-order valence-electron chi connectivity index (χ0n) is 19.6. The molecule has 0 amide bonds. The van der Waals surface area contributed by atoms with E-state index >= 15 is 0 Å². The lowest BCUT2D eigenvalue weighted by Gasteiger charge is -2.24. The summed E-state index contributed by atoms with van der Waals surface area (Å²) in [5.41, 5.74) is 0.724. The summed E-state index contributed by atoms with van der Waals surface area (Å²) in [7, 11) is 0. The van der Waals surface area contributed by atoms with Gasteiger partial charge in [0.05, 0.1) is 27.3 Å². The zero-order chi connectivity index (χ0) is 27.0. The number of benzene rings is 2. The van der Waals surface area contributed by atoms with Crippen LogP contribution in [0.4, 0.5) is 5.69 Å². The number of aromatic nitrogens is 1. The lowest BCUT2D eigenvalue weighted by atomic mass is 9.97. The molecule has 1 unspecified atom stereocenters. The van der Waals surface area contributed by atoms with Gasteiger partial charge in [0.25, 0.3) is 11.2 Å². The molecule has 9 nitrogen and oxygen atoms in total. The van der Waals surface area contributed by atoms with Crippen LogP contribution in [0.25, 0.3) is 11.8 Å². The van der Waals surface area contributed by atoms with Crippen LogP contribution >= 0.6 is 45.3 Å². The Kier molecular flexibility index (Phi) is 7.27. The van der Waals surface area contributed by atoms with Crippen molar-refractivity contribution in [3.63, 3.8) is 0 Å². The Labute approximate surface area is 237 Å². The van der Waals surface area contributed by atoms with E-state index in [2.05, 4.69) is 0 Å². The third-order valence-electron chi connectivity index (χ3n) is 5.73. The molecule has 1 atom stereocenters. The van der Waals surface area contributed by atoms with Gasteiger partial charge in [0.1, 0.15) is 6.04 Å². The van der Waals surface area contributed by atoms with Gasteiger partial charge in [-0.2, -0.15) is 0 Å². The number of thiazole rings is 1. The molecule has 0 spiro atoms. The molecule has 2 aromatic heterocycles. The molecule has 0 radical (unpaired) electrons. The third kappa shape index (κ3) is 4.70. The Bertz CT molecular complexity index is 1780. The normalized spacial score (nSPS) is 15.2. The van der Waals surface area contributed by atoms with Crippen LogP contribution in [0.5, 0.6) is 5.75 Å². The summed E-state index contributed by atoms with van der Waals surface area (Å²) < 4.78 is 7.30. The van der Waals surface area contributed by atoms with E-state index in [0.717, 1.165) is 22.3 Å². The minimum Gasteiger partial charge on any atom is -0.867 e. The van der Waals surface area contributed by atoms with Crippen molar-refractivity contribution in [2.45, 2.75) is 13.0 Å². The number of hydrogen-bond donors (Lipinski definition) is 0. The van der Waals surface area contributed by atoms with Gasteiger partial charge < -0.3 is 9.84 Å². The Morgan fingerprint density at radius 2 is 2.00 bits per heavy atom. The van der Waals surface area contributed by atoms with Gasteiger partial charge in [-0.3, -0.25) is 19.5 Å². The molecular weight excluding hydrogens is 641 g/mol. The third-order valence-corrected chi connectivity index (χ3v) is 8.44. The van der Waals surface area contributed by atoms with Crippen LogP contribution in [0.2, 0.25) is 0 Å². The van der Waals surface area contributed by atoms with Crippen molar-refractivity contribution < 1.29 is 19.6 Å². The van der Waals surface area contributed by atoms with Crippen LogP contribution in [0.1, 0.15) is 29.0 Å². The fraction of sp³-hybridized carbons (Fsp3) is 0.115. The summed E-state index contributed by atoms with van der Waals surface area (Å²) in [5.74, 6) is -1.25. The number of nitro groups is 1. The fourth-order valence-corrected chi connectivity index (χ4v) is 6.59. The van der Waals surface area contributed by atoms with Crippen molar-refractivity contribution in [1.29, 1.82) is 0 Å². The minimum atomic E-state index is -0.777. The molecule has 0 saturated heterocycles. The van der Waals surface area contributed by atoms with Crippen molar-refractivity contribution in [3.8, 4) is 5.75 Å². The van der Waals surface area contributed by atoms with E-state index in [-0.39, 0.29) is 20.3 Å². The summed E-state index contributed by atoms with van der Waals surface area (Å²) in [5, 5.41) is 25.4. The Morgan fingerprint density at radius 3 is 2.66 bits per heavy atom. The van der Waals surface area contributed by atoms with Crippen molar-refractivity contribution in [2.75, 3.05) is 6.61 Å². The zero-order valence-corrected chi connectivity index (χ0v) is 23.4. The molecular formula is C26H17IN3O6S2-. The van der Waals surface area contributed by atoms with Crippen LogP contribution in [-0.2, 0) is 9.53 Å². The maximum absolute atomic E-state index is 13.8. The van der Waals surface area contributed by atoms with Gasteiger partial charge in [0.15, 0.2) is 4.80 Å². The maximum Gasteiger partial charge on any atom is 0.338 e. The second-order valence-corrected chi connectivity index (χ2v) is 11.2. The van der Waals surface area contributed by atoms with Gasteiger partial charge in [-0.1, -0.05) is 47.7 Å². The topological polar surface area (TPSA) is 127 Å². The average Bonchev–Trinajstić information content (AvgIpc) is 3.54. The van der Waals surface area contributed by atoms with Gasteiger partial charge in [-0.05, 0) is 64.4 Å². The summed E-state index contributed by atoms with van der Waals surface area (Å²) in [6.45, 7) is 1.86. The average molecular weight is 658 g/mol. The molecule has 0 aliphatic carbocycles. The van der Waals surface area contributed by atoms with Crippen LogP contribution in [0, 0.1) is 13.7 Å². The molecule has 12 heteroatoms. The number of thiophene rings is 1. The van der Waals surface area contributed by atoms with Crippen molar-refractivity contribution in [2.24, 2.45) is 4.99 Å². The fourth-order valence-electron chi connectivity index (χ4n) is 4.13. The molecule has 3 heterocycles. The Hall–Kier alpha value is -3.62. The minimum absolute atomic E-state index is 0.152. The number of nitro benzene ring substituents is 1. The standard InChI is InChI=1S/C26H18IN3O6S2/c1-2-36-25(33)20-21(15-7-4-3-5-8-15)28-26-29(22(20)18-9-6-10-37-18)24(32)19(38-26)13-14-11-16(27)23(31)17(12-14)30(34)35/h3-13,22,31H,2H2,1H3/p-1. The summed E-state index contributed by atoms with van der Waals surface area (Å²) >= 11 is 4.25. The molecule has 0 fully saturated rings. The van der Waals surface area contributed by atoms with E-state index in [0.29, 0.717) is 21.6 Å². The van der Waals surface area contributed by atoms with E-state index < -0.39 is 33.9 Å². The van der Waals surface area contributed by atoms with E-state index in [4.69, 9.17) is 9.73 Å². The molecule has 38 heavy (non-hydrogen) atoms. The first-order valence-corrected chi connectivity index (χ1v) is 14.0. The smallest absolute Gasteiger partial charge is 0.338 e. The number of esters is 1. The predicted octanol–water partition coefficient (Wildman–Crippen LogP) is 3.58. The highest BCUT2D eigenvalue weighted by Gasteiger charge is 2.35. The molecule has 192 valence electrons. The highest BCUT2D eigenvalue weighted by Crippen LogP contribution is 2.37. The summed E-state index contributed by atoms with van der Waals surface area (Å²) in [4.78, 5) is 43.6. The number of hydrogen-bond acceptors (Lipinski definition) is 9. The molecule has 1 aliphatic heterocycles. The van der Waals surface area contributed by atoms with E-state index in [9.17, 15) is 24.8 Å². The highest BCUT2D eigenvalue weighted by atomic mass is 127. The molecule has 0 saturated carbocycles. The Balaban J connectivity index is 1.80. The van der Waals surface area contributed by atoms with Crippen LogP contribution in [0.3, 0.4) is 0 Å². The second-order valence-electron chi connectivity index (χ2n) is 8.06. The molecule has 0 bridgehead atoms. The highest BCUT2D eigenvalue weighted by molar-refractivity contribution is 14.1. The van der Waals surface area contributed by atoms with Gasteiger partial charge in [-0.15, -0.1) is 11.3 Å². The van der Waals surface area contributed by atoms with Gasteiger partial charge in [0.2, 0.25) is 0 Å². The largest absolute Gasteiger partial charge is 0.867 e. The summed E-state index contributed by atoms with van der Waals surface area (Å²) in [6.07, 6.45) is 1.50. The molecule has 0 N–H and O–H groups in total. The SMILES string of the molecule is CCOC(=O)C1=C(c2ccccc2)N=c2sc(=Cc3cc(I)c([O-])c([N+](=O)[O-])c3)c(=O)n2C1c1cccs1. The lowest BCUT2D eigenvalue weighted by molar-refractivity contribution is -0.398. The number of carbonyl (C=O) groups excluding carboxylic acids is 1. The number of halogens is 1. The predicted molar refractivity (Wildman–Crippen MR) is 151 cm³/mol. The molecule has 5 rings (SSSR count). The summed E-state index contributed by atoms with van der Waals surface area (Å²) in [6, 6.07) is 14.8. The maximum atomic E-state index is 13.8.